The van der Waals surface area contributed by atoms with Gasteiger partial charge in [-0.15, -0.1) is 0 Å². The maximum atomic E-state index is 13.3. The first kappa shape index (κ1) is 17.2. The van der Waals surface area contributed by atoms with Gasteiger partial charge in [-0.05, 0) is 47.5 Å². The minimum atomic E-state index is -0.357. The minimum Gasteiger partial charge on any atom is -0.364 e. The number of nitrogens with one attached hydrogen (secondary N) is 2. The summed E-state index contributed by atoms with van der Waals surface area (Å²) >= 11 is 6.16. The average molecular weight is 379 g/mol. The van der Waals surface area contributed by atoms with Crippen molar-refractivity contribution in [3.63, 3.8) is 0 Å². The number of pyridine rings is 1. The van der Waals surface area contributed by atoms with Crippen molar-refractivity contribution >= 4 is 17.4 Å². The lowest BCUT2D eigenvalue weighted by molar-refractivity contribution is 0.628. The molecule has 0 amide bonds. The van der Waals surface area contributed by atoms with Crippen molar-refractivity contribution in [2.45, 2.75) is 6.54 Å². The van der Waals surface area contributed by atoms with Crippen LogP contribution in [0.15, 0.2) is 72.9 Å². The lowest BCUT2D eigenvalue weighted by atomic mass is 10.1. The second kappa shape index (κ2) is 7.60. The van der Waals surface area contributed by atoms with Crippen molar-refractivity contribution in [1.29, 1.82) is 0 Å². The molecule has 0 spiro atoms. The molecular weight excluding hydrogens is 363 g/mol. The lowest BCUT2D eigenvalue weighted by Crippen LogP contribution is -2.01. The predicted molar refractivity (Wildman–Crippen MR) is 106 cm³/mol. The third kappa shape index (κ3) is 3.99. The maximum Gasteiger partial charge on any atom is 0.126 e. The van der Waals surface area contributed by atoms with Crippen molar-refractivity contribution in [3.05, 3.63) is 89.5 Å². The molecule has 134 valence electrons. The SMILES string of the molecule is Fc1ccc(-c2ccnc(NCc3cc(-c4ccccc4)[nH]n3)c2)c(Cl)c1. The van der Waals surface area contributed by atoms with Crippen LogP contribution >= 0.6 is 11.6 Å². The van der Waals surface area contributed by atoms with E-state index in [2.05, 4.69) is 20.5 Å². The fourth-order valence-electron chi connectivity index (χ4n) is 2.82. The third-order valence-corrected chi connectivity index (χ3v) is 4.48. The molecule has 2 aromatic carbocycles. The van der Waals surface area contributed by atoms with Crippen LogP contribution in [0.1, 0.15) is 5.69 Å². The summed E-state index contributed by atoms with van der Waals surface area (Å²) in [5.41, 5.74) is 4.55. The van der Waals surface area contributed by atoms with Crippen LogP contribution in [0.2, 0.25) is 5.02 Å². The number of nitrogens with zero attached hydrogens (tertiary/aromatic N) is 2. The van der Waals surface area contributed by atoms with Crippen LogP contribution in [0.4, 0.5) is 10.2 Å². The van der Waals surface area contributed by atoms with Crippen LogP contribution in [0.3, 0.4) is 0 Å². The van der Waals surface area contributed by atoms with Gasteiger partial charge in [-0.3, -0.25) is 5.10 Å². The van der Waals surface area contributed by atoms with E-state index in [4.69, 9.17) is 11.6 Å². The molecule has 0 unspecified atom stereocenters. The second-order valence-electron chi connectivity index (χ2n) is 6.05. The molecule has 2 N–H and O–H groups in total. The second-order valence-corrected chi connectivity index (χ2v) is 6.45. The molecule has 4 aromatic rings. The Labute approximate surface area is 161 Å². The molecule has 0 radical (unpaired) electrons. The molecule has 4 nitrogen and oxygen atoms in total. The summed E-state index contributed by atoms with van der Waals surface area (Å²) in [6.45, 7) is 0.525. The largest absolute Gasteiger partial charge is 0.364 e. The van der Waals surface area contributed by atoms with Gasteiger partial charge < -0.3 is 5.32 Å². The summed E-state index contributed by atoms with van der Waals surface area (Å²) in [6, 6.07) is 20.1. The van der Waals surface area contributed by atoms with E-state index >= 15 is 0 Å². The lowest BCUT2D eigenvalue weighted by Gasteiger charge is -2.08. The third-order valence-electron chi connectivity index (χ3n) is 4.17. The Morgan fingerprint density at radius 3 is 2.63 bits per heavy atom. The van der Waals surface area contributed by atoms with Crippen molar-refractivity contribution in [2.75, 3.05) is 5.32 Å². The predicted octanol–water partition coefficient (Wildman–Crippen LogP) is 5.54. The fourth-order valence-corrected chi connectivity index (χ4v) is 3.10. The van der Waals surface area contributed by atoms with Crippen LogP contribution in [-0.2, 0) is 6.54 Å². The van der Waals surface area contributed by atoms with Gasteiger partial charge in [0.1, 0.15) is 11.6 Å². The Kier molecular flexibility index (Phi) is 4.85. The number of H-pyrrole nitrogens is 1. The monoisotopic (exact) mass is 378 g/mol. The van der Waals surface area contributed by atoms with Crippen LogP contribution in [-0.4, -0.2) is 15.2 Å². The summed E-state index contributed by atoms with van der Waals surface area (Å²) < 4.78 is 13.3. The highest BCUT2D eigenvalue weighted by Gasteiger charge is 2.07. The quantitative estimate of drug-likeness (QED) is 0.479. The maximum absolute atomic E-state index is 13.3. The Morgan fingerprint density at radius 1 is 0.963 bits per heavy atom. The molecule has 0 saturated carbocycles. The standard InChI is InChI=1S/C21H16ClFN4/c22-19-11-16(23)6-7-18(19)15-8-9-24-21(10-15)25-13-17-12-20(27-26-17)14-4-2-1-3-5-14/h1-12H,13H2,(H,24,25)(H,26,27). The highest BCUT2D eigenvalue weighted by molar-refractivity contribution is 6.33. The number of hydrogen-bond acceptors (Lipinski definition) is 3. The minimum absolute atomic E-state index is 0.357. The van der Waals surface area contributed by atoms with Crippen LogP contribution in [0, 0.1) is 5.82 Å². The number of hydrogen-bond donors (Lipinski definition) is 2. The Bertz CT molecular complexity index is 1060. The first-order chi connectivity index (χ1) is 13.2. The summed E-state index contributed by atoms with van der Waals surface area (Å²) in [5.74, 6) is 0.334. The van der Waals surface area contributed by atoms with E-state index in [-0.39, 0.29) is 5.82 Å². The molecule has 0 aliphatic carbocycles. The van der Waals surface area contributed by atoms with Gasteiger partial charge in [-0.25, -0.2) is 9.37 Å². The van der Waals surface area contributed by atoms with E-state index in [1.807, 2.05) is 48.5 Å². The number of halogens is 2. The van der Waals surface area contributed by atoms with E-state index in [0.717, 1.165) is 28.1 Å². The molecule has 0 bridgehead atoms. The topological polar surface area (TPSA) is 53.6 Å². The Morgan fingerprint density at radius 2 is 1.81 bits per heavy atom. The Hall–Kier alpha value is -3.18. The van der Waals surface area contributed by atoms with E-state index in [0.29, 0.717) is 17.4 Å². The van der Waals surface area contributed by atoms with Crippen molar-refractivity contribution in [1.82, 2.24) is 15.2 Å². The van der Waals surface area contributed by atoms with Gasteiger partial charge >= 0.3 is 0 Å². The molecule has 4 rings (SSSR count). The molecule has 2 heterocycles. The zero-order chi connectivity index (χ0) is 18.6. The molecule has 0 saturated heterocycles. The van der Waals surface area contributed by atoms with Gasteiger partial charge in [-0.1, -0.05) is 41.9 Å². The summed E-state index contributed by atoms with van der Waals surface area (Å²) in [5, 5.41) is 11.0. The normalized spacial score (nSPS) is 10.7. The van der Waals surface area contributed by atoms with E-state index in [1.54, 1.807) is 12.3 Å². The molecule has 0 atom stereocenters. The molecule has 27 heavy (non-hydrogen) atoms. The number of rotatable bonds is 5. The summed E-state index contributed by atoms with van der Waals surface area (Å²) in [4.78, 5) is 4.33. The number of anilines is 1. The molecule has 0 fully saturated rings. The van der Waals surface area contributed by atoms with Crippen molar-refractivity contribution in [3.8, 4) is 22.4 Å². The van der Waals surface area contributed by atoms with Gasteiger partial charge in [0.05, 0.1) is 23.0 Å². The molecule has 0 aliphatic heterocycles. The highest BCUT2D eigenvalue weighted by atomic mass is 35.5. The summed E-state index contributed by atoms with van der Waals surface area (Å²) in [6.07, 6.45) is 1.69. The zero-order valence-corrected chi connectivity index (χ0v) is 15.0. The van der Waals surface area contributed by atoms with Gasteiger partial charge in [0, 0.05) is 11.8 Å². The molecular formula is C21H16ClFN4. The van der Waals surface area contributed by atoms with Crippen LogP contribution in [0.5, 0.6) is 0 Å². The van der Waals surface area contributed by atoms with E-state index < -0.39 is 0 Å². The average Bonchev–Trinajstić information content (AvgIpc) is 3.16. The van der Waals surface area contributed by atoms with Gasteiger partial charge in [-0.2, -0.15) is 5.10 Å². The van der Waals surface area contributed by atoms with Crippen LogP contribution in [0.25, 0.3) is 22.4 Å². The van der Waals surface area contributed by atoms with Gasteiger partial charge in [0.2, 0.25) is 0 Å². The Balaban J connectivity index is 1.49. The van der Waals surface area contributed by atoms with Gasteiger partial charge in [0.25, 0.3) is 0 Å². The van der Waals surface area contributed by atoms with Crippen molar-refractivity contribution < 1.29 is 4.39 Å². The summed E-state index contributed by atoms with van der Waals surface area (Å²) in [7, 11) is 0. The first-order valence-electron chi connectivity index (χ1n) is 8.44. The van der Waals surface area contributed by atoms with Gasteiger partial charge in [0.15, 0.2) is 0 Å². The van der Waals surface area contributed by atoms with E-state index in [9.17, 15) is 4.39 Å². The fraction of sp³-hybridized carbons (Fsp3) is 0.0476. The smallest absolute Gasteiger partial charge is 0.126 e. The molecule has 0 aliphatic rings. The number of aromatic amines is 1. The number of benzene rings is 2. The van der Waals surface area contributed by atoms with E-state index in [1.165, 1.54) is 12.1 Å². The van der Waals surface area contributed by atoms with Crippen molar-refractivity contribution in [2.24, 2.45) is 0 Å². The highest BCUT2D eigenvalue weighted by Crippen LogP contribution is 2.29. The first-order valence-corrected chi connectivity index (χ1v) is 8.82. The number of aromatic nitrogens is 3. The molecule has 6 heteroatoms. The van der Waals surface area contributed by atoms with Crippen LogP contribution < -0.4 is 5.32 Å². The zero-order valence-electron chi connectivity index (χ0n) is 14.3. The molecule has 2 aromatic heterocycles.